The van der Waals surface area contributed by atoms with Gasteiger partial charge in [-0.25, -0.2) is 0 Å². The number of nitrogens with zero attached hydrogens (tertiary/aromatic N) is 1. The second-order valence-electron chi connectivity index (χ2n) is 5.96. The van der Waals surface area contributed by atoms with E-state index in [4.69, 9.17) is 0 Å². The van der Waals surface area contributed by atoms with Crippen molar-refractivity contribution in [3.63, 3.8) is 0 Å². The lowest BCUT2D eigenvalue weighted by Crippen LogP contribution is -2.46. The first-order valence-electron chi connectivity index (χ1n) is 7.14. The molecular formula is C15H33N. The summed E-state index contributed by atoms with van der Waals surface area (Å²) < 4.78 is 0. The average Bonchev–Trinajstić information content (AvgIpc) is 2.23. The van der Waals surface area contributed by atoms with E-state index in [1.165, 1.54) is 32.4 Å². The SMILES string of the molecule is CCCC(C)(C)N(CC)CC(C)C(C)CC. The Labute approximate surface area is 104 Å². The quantitative estimate of drug-likeness (QED) is 0.587. The van der Waals surface area contributed by atoms with Gasteiger partial charge in [0, 0.05) is 12.1 Å². The van der Waals surface area contributed by atoms with Gasteiger partial charge in [-0.15, -0.1) is 0 Å². The molecule has 0 aliphatic heterocycles. The first-order valence-corrected chi connectivity index (χ1v) is 7.14. The fourth-order valence-corrected chi connectivity index (χ4v) is 2.50. The highest BCUT2D eigenvalue weighted by atomic mass is 15.2. The number of hydrogen-bond acceptors (Lipinski definition) is 1. The van der Waals surface area contributed by atoms with Crippen LogP contribution in [0, 0.1) is 11.8 Å². The smallest absolute Gasteiger partial charge is 0.0153 e. The third-order valence-electron chi connectivity index (χ3n) is 4.22. The van der Waals surface area contributed by atoms with Crippen molar-refractivity contribution in [2.45, 2.75) is 73.3 Å². The molecule has 0 aliphatic carbocycles. The van der Waals surface area contributed by atoms with E-state index in [1.54, 1.807) is 0 Å². The maximum Gasteiger partial charge on any atom is 0.0153 e. The summed E-state index contributed by atoms with van der Waals surface area (Å²) >= 11 is 0. The van der Waals surface area contributed by atoms with Crippen LogP contribution in [-0.2, 0) is 0 Å². The minimum Gasteiger partial charge on any atom is -0.298 e. The lowest BCUT2D eigenvalue weighted by Gasteiger charge is -2.40. The predicted octanol–water partition coefficient (Wildman–Crippen LogP) is 4.57. The van der Waals surface area contributed by atoms with Crippen LogP contribution in [0.2, 0.25) is 0 Å². The van der Waals surface area contributed by atoms with E-state index in [-0.39, 0.29) is 0 Å². The van der Waals surface area contributed by atoms with Crippen molar-refractivity contribution in [3.8, 4) is 0 Å². The number of rotatable bonds is 8. The molecule has 0 spiro atoms. The summed E-state index contributed by atoms with van der Waals surface area (Å²) in [7, 11) is 0. The number of hydrogen-bond donors (Lipinski definition) is 0. The van der Waals surface area contributed by atoms with Crippen LogP contribution >= 0.6 is 0 Å². The van der Waals surface area contributed by atoms with Gasteiger partial charge in [0.2, 0.25) is 0 Å². The van der Waals surface area contributed by atoms with E-state index >= 15 is 0 Å². The molecule has 0 radical (unpaired) electrons. The van der Waals surface area contributed by atoms with Crippen molar-refractivity contribution < 1.29 is 0 Å². The molecule has 0 N–H and O–H groups in total. The Morgan fingerprint density at radius 2 is 1.56 bits per heavy atom. The van der Waals surface area contributed by atoms with Crippen molar-refractivity contribution >= 4 is 0 Å². The molecule has 0 aromatic carbocycles. The monoisotopic (exact) mass is 227 g/mol. The van der Waals surface area contributed by atoms with Gasteiger partial charge in [-0.05, 0) is 38.6 Å². The third kappa shape index (κ3) is 4.86. The van der Waals surface area contributed by atoms with Gasteiger partial charge < -0.3 is 0 Å². The minimum atomic E-state index is 0.366. The van der Waals surface area contributed by atoms with Crippen LogP contribution in [0.25, 0.3) is 0 Å². The van der Waals surface area contributed by atoms with Gasteiger partial charge in [0.1, 0.15) is 0 Å². The molecule has 0 rings (SSSR count). The van der Waals surface area contributed by atoms with Gasteiger partial charge in [0.15, 0.2) is 0 Å². The molecule has 2 atom stereocenters. The van der Waals surface area contributed by atoms with Crippen molar-refractivity contribution in [2.24, 2.45) is 11.8 Å². The van der Waals surface area contributed by atoms with Gasteiger partial charge in [-0.3, -0.25) is 4.90 Å². The zero-order valence-electron chi connectivity index (χ0n) is 12.6. The van der Waals surface area contributed by atoms with E-state index in [1.807, 2.05) is 0 Å². The summed E-state index contributed by atoms with van der Waals surface area (Å²) in [6, 6.07) is 0. The van der Waals surface area contributed by atoms with Crippen molar-refractivity contribution in [2.75, 3.05) is 13.1 Å². The molecule has 0 fully saturated rings. The second kappa shape index (κ2) is 7.32. The molecule has 98 valence electrons. The fourth-order valence-electron chi connectivity index (χ4n) is 2.50. The Hall–Kier alpha value is -0.0400. The van der Waals surface area contributed by atoms with E-state index in [2.05, 4.69) is 53.4 Å². The molecule has 0 amide bonds. The lowest BCUT2D eigenvalue weighted by atomic mass is 9.90. The summed E-state index contributed by atoms with van der Waals surface area (Å²) in [6.45, 7) is 18.9. The topological polar surface area (TPSA) is 3.24 Å². The Balaban J connectivity index is 4.39. The van der Waals surface area contributed by atoms with Crippen LogP contribution in [0.3, 0.4) is 0 Å². The van der Waals surface area contributed by atoms with Crippen LogP contribution in [0.1, 0.15) is 67.7 Å². The molecule has 0 aromatic heterocycles. The molecule has 16 heavy (non-hydrogen) atoms. The molecule has 0 heterocycles. The largest absolute Gasteiger partial charge is 0.298 e. The maximum absolute atomic E-state index is 2.66. The molecule has 0 saturated carbocycles. The summed E-state index contributed by atoms with van der Waals surface area (Å²) in [4.78, 5) is 2.66. The van der Waals surface area contributed by atoms with Crippen LogP contribution in [0.15, 0.2) is 0 Å². The van der Waals surface area contributed by atoms with Gasteiger partial charge >= 0.3 is 0 Å². The fraction of sp³-hybridized carbons (Fsp3) is 1.00. The molecule has 1 heteroatoms. The molecule has 0 bridgehead atoms. The summed E-state index contributed by atoms with van der Waals surface area (Å²) in [5, 5.41) is 0. The Morgan fingerprint density at radius 1 is 1.00 bits per heavy atom. The minimum absolute atomic E-state index is 0.366. The van der Waals surface area contributed by atoms with Crippen LogP contribution in [-0.4, -0.2) is 23.5 Å². The summed E-state index contributed by atoms with van der Waals surface area (Å²) in [5.74, 6) is 1.65. The summed E-state index contributed by atoms with van der Waals surface area (Å²) in [5.41, 5.74) is 0.366. The standard InChI is InChI=1S/C15H33N/c1-8-11-15(6,7)16(10-3)12-14(5)13(4)9-2/h13-14H,8-12H2,1-7H3. The highest BCUT2D eigenvalue weighted by Gasteiger charge is 2.26. The molecule has 0 aromatic rings. The zero-order valence-corrected chi connectivity index (χ0v) is 12.6. The van der Waals surface area contributed by atoms with E-state index < -0.39 is 0 Å². The highest BCUT2D eigenvalue weighted by Crippen LogP contribution is 2.24. The van der Waals surface area contributed by atoms with Gasteiger partial charge in [-0.1, -0.05) is 47.5 Å². The highest BCUT2D eigenvalue weighted by molar-refractivity contribution is 4.82. The summed E-state index contributed by atoms with van der Waals surface area (Å²) in [6.07, 6.45) is 3.88. The Kier molecular flexibility index (Phi) is 7.30. The first-order chi connectivity index (χ1) is 7.38. The van der Waals surface area contributed by atoms with Crippen molar-refractivity contribution in [3.05, 3.63) is 0 Å². The van der Waals surface area contributed by atoms with Crippen molar-refractivity contribution in [1.82, 2.24) is 4.90 Å². The predicted molar refractivity (Wildman–Crippen MR) is 74.9 cm³/mol. The van der Waals surface area contributed by atoms with E-state index in [0.29, 0.717) is 5.54 Å². The van der Waals surface area contributed by atoms with Crippen LogP contribution < -0.4 is 0 Å². The molecule has 2 unspecified atom stereocenters. The normalized spacial score (nSPS) is 16.5. The van der Waals surface area contributed by atoms with Crippen LogP contribution in [0.4, 0.5) is 0 Å². The van der Waals surface area contributed by atoms with Gasteiger partial charge in [-0.2, -0.15) is 0 Å². The van der Waals surface area contributed by atoms with Crippen LogP contribution in [0.5, 0.6) is 0 Å². The third-order valence-corrected chi connectivity index (χ3v) is 4.22. The Morgan fingerprint density at radius 3 is 1.94 bits per heavy atom. The zero-order chi connectivity index (χ0) is 12.8. The van der Waals surface area contributed by atoms with Crippen molar-refractivity contribution in [1.29, 1.82) is 0 Å². The Bertz CT molecular complexity index is 174. The van der Waals surface area contributed by atoms with E-state index in [0.717, 1.165) is 11.8 Å². The molecule has 1 nitrogen and oxygen atoms in total. The first kappa shape index (κ1) is 16.0. The van der Waals surface area contributed by atoms with E-state index in [9.17, 15) is 0 Å². The lowest BCUT2D eigenvalue weighted by molar-refractivity contribution is 0.0872. The second-order valence-corrected chi connectivity index (χ2v) is 5.96. The van der Waals surface area contributed by atoms with Gasteiger partial charge in [0.05, 0.1) is 0 Å². The molecule has 0 aliphatic rings. The maximum atomic E-state index is 2.66. The molecular weight excluding hydrogens is 194 g/mol. The average molecular weight is 227 g/mol. The van der Waals surface area contributed by atoms with Gasteiger partial charge in [0.25, 0.3) is 0 Å². The molecule has 0 saturated heterocycles.